The van der Waals surface area contributed by atoms with Crippen molar-refractivity contribution in [1.82, 2.24) is 10.2 Å². The molecule has 0 atom stereocenters. The van der Waals surface area contributed by atoms with Gasteiger partial charge in [-0.2, -0.15) is 11.8 Å². The van der Waals surface area contributed by atoms with Gasteiger partial charge in [0.1, 0.15) is 5.01 Å². The topological polar surface area (TPSA) is 58.0 Å². The molecule has 0 aliphatic heterocycles. The summed E-state index contributed by atoms with van der Waals surface area (Å²) in [5, 5.41) is 21.8. The van der Waals surface area contributed by atoms with Crippen molar-refractivity contribution in [2.75, 3.05) is 24.2 Å². The lowest BCUT2D eigenvalue weighted by Gasteiger charge is -1.95. The standard InChI is InChI=1S/C8H15N3OS2/c1-2-3-9-8-11-10-7(14-8)6-13-5-4-12/h12H,2-6H2,1H3,(H,9,11). The van der Waals surface area contributed by atoms with Crippen molar-refractivity contribution in [1.29, 1.82) is 0 Å². The molecule has 0 aromatic carbocycles. The molecule has 1 rings (SSSR count). The fraction of sp³-hybridized carbons (Fsp3) is 0.750. The first-order valence-electron chi connectivity index (χ1n) is 4.61. The van der Waals surface area contributed by atoms with E-state index in [1.165, 1.54) is 0 Å². The van der Waals surface area contributed by atoms with Gasteiger partial charge in [-0.05, 0) is 6.42 Å². The molecule has 0 saturated carbocycles. The molecular formula is C8H15N3OS2. The van der Waals surface area contributed by atoms with Crippen LogP contribution in [0.3, 0.4) is 0 Å². The minimum absolute atomic E-state index is 0.227. The van der Waals surface area contributed by atoms with Gasteiger partial charge in [0, 0.05) is 18.1 Å². The minimum Gasteiger partial charge on any atom is -0.396 e. The van der Waals surface area contributed by atoms with Gasteiger partial charge in [0.25, 0.3) is 0 Å². The first-order chi connectivity index (χ1) is 6.86. The van der Waals surface area contributed by atoms with Gasteiger partial charge in [-0.25, -0.2) is 0 Å². The molecule has 1 heterocycles. The number of hydrogen-bond acceptors (Lipinski definition) is 6. The van der Waals surface area contributed by atoms with Crippen molar-refractivity contribution in [3.05, 3.63) is 5.01 Å². The smallest absolute Gasteiger partial charge is 0.205 e. The van der Waals surface area contributed by atoms with Crippen LogP contribution in [0.25, 0.3) is 0 Å². The molecule has 0 fully saturated rings. The number of aliphatic hydroxyl groups excluding tert-OH is 1. The summed E-state index contributed by atoms with van der Waals surface area (Å²) in [6.07, 6.45) is 1.09. The zero-order valence-corrected chi connectivity index (χ0v) is 9.83. The highest BCUT2D eigenvalue weighted by Crippen LogP contribution is 2.19. The number of aromatic nitrogens is 2. The van der Waals surface area contributed by atoms with E-state index >= 15 is 0 Å². The molecule has 0 unspecified atom stereocenters. The maximum atomic E-state index is 8.60. The van der Waals surface area contributed by atoms with Gasteiger partial charge in [-0.15, -0.1) is 10.2 Å². The summed E-state index contributed by atoms with van der Waals surface area (Å²) < 4.78 is 0. The summed E-state index contributed by atoms with van der Waals surface area (Å²) in [6.45, 7) is 3.29. The largest absolute Gasteiger partial charge is 0.396 e. The second-order valence-electron chi connectivity index (χ2n) is 2.70. The molecule has 0 aliphatic carbocycles. The molecule has 1 aromatic rings. The second kappa shape index (κ2) is 7.03. The summed E-state index contributed by atoms with van der Waals surface area (Å²) in [4.78, 5) is 0. The molecule has 2 N–H and O–H groups in total. The van der Waals surface area contributed by atoms with Crippen LogP contribution < -0.4 is 5.32 Å². The maximum Gasteiger partial charge on any atom is 0.205 e. The number of nitrogens with one attached hydrogen (secondary N) is 1. The number of rotatable bonds is 7. The average molecular weight is 233 g/mol. The van der Waals surface area contributed by atoms with Crippen LogP contribution in [0, 0.1) is 0 Å². The summed E-state index contributed by atoms with van der Waals surface area (Å²) in [7, 11) is 0. The van der Waals surface area contributed by atoms with E-state index in [2.05, 4.69) is 22.4 Å². The van der Waals surface area contributed by atoms with Gasteiger partial charge in [0.05, 0.1) is 6.61 Å². The second-order valence-corrected chi connectivity index (χ2v) is 4.87. The van der Waals surface area contributed by atoms with Crippen LogP contribution >= 0.6 is 23.1 Å². The Morgan fingerprint density at radius 1 is 1.50 bits per heavy atom. The van der Waals surface area contributed by atoms with Crippen LogP contribution in [0.1, 0.15) is 18.4 Å². The predicted molar refractivity (Wildman–Crippen MR) is 61.9 cm³/mol. The van der Waals surface area contributed by atoms with Gasteiger partial charge in [0.2, 0.25) is 5.13 Å². The molecule has 6 heteroatoms. The van der Waals surface area contributed by atoms with Crippen molar-refractivity contribution in [3.8, 4) is 0 Å². The monoisotopic (exact) mass is 233 g/mol. The van der Waals surface area contributed by atoms with E-state index in [9.17, 15) is 0 Å². The predicted octanol–water partition coefficient (Wildman–Crippen LogP) is 1.59. The normalized spacial score (nSPS) is 10.4. The van der Waals surface area contributed by atoms with Gasteiger partial charge >= 0.3 is 0 Å². The van der Waals surface area contributed by atoms with Crippen molar-refractivity contribution >= 4 is 28.2 Å². The molecule has 0 bridgehead atoms. The van der Waals surface area contributed by atoms with Gasteiger partial charge < -0.3 is 10.4 Å². The van der Waals surface area contributed by atoms with Crippen LogP contribution in [0.4, 0.5) is 5.13 Å². The Morgan fingerprint density at radius 3 is 3.07 bits per heavy atom. The Bertz CT molecular complexity index is 254. The van der Waals surface area contributed by atoms with E-state index in [-0.39, 0.29) is 6.61 Å². The summed E-state index contributed by atoms with van der Waals surface area (Å²) >= 11 is 3.26. The Kier molecular flexibility index (Phi) is 5.89. The van der Waals surface area contributed by atoms with E-state index in [0.717, 1.165) is 34.6 Å². The fourth-order valence-corrected chi connectivity index (χ4v) is 2.39. The van der Waals surface area contributed by atoms with Gasteiger partial charge in [-0.3, -0.25) is 0 Å². The average Bonchev–Trinajstić information content (AvgIpc) is 2.63. The van der Waals surface area contributed by atoms with E-state index in [0.29, 0.717) is 0 Å². The lowest BCUT2D eigenvalue weighted by molar-refractivity contribution is 0.322. The van der Waals surface area contributed by atoms with E-state index < -0.39 is 0 Å². The third kappa shape index (κ3) is 4.26. The van der Waals surface area contributed by atoms with Crippen LogP contribution in [-0.4, -0.2) is 34.2 Å². The highest BCUT2D eigenvalue weighted by molar-refractivity contribution is 7.98. The van der Waals surface area contributed by atoms with Crippen LogP contribution in [0.2, 0.25) is 0 Å². The molecule has 0 saturated heterocycles. The van der Waals surface area contributed by atoms with E-state index in [4.69, 9.17) is 5.11 Å². The van der Waals surface area contributed by atoms with Gasteiger partial charge in [0.15, 0.2) is 0 Å². The van der Waals surface area contributed by atoms with Crippen molar-refractivity contribution in [2.24, 2.45) is 0 Å². The first-order valence-corrected chi connectivity index (χ1v) is 6.58. The molecule has 0 spiro atoms. The highest BCUT2D eigenvalue weighted by Gasteiger charge is 2.02. The number of nitrogens with zero attached hydrogens (tertiary/aromatic N) is 2. The maximum absolute atomic E-state index is 8.60. The quantitative estimate of drug-likeness (QED) is 0.700. The molecule has 0 aliphatic rings. The zero-order chi connectivity index (χ0) is 10.2. The Morgan fingerprint density at radius 2 is 2.36 bits per heavy atom. The van der Waals surface area contributed by atoms with Gasteiger partial charge in [-0.1, -0.05) is 18.3 Å². The molecule has 14 heavy (non-hydrogen) atoms. The van der Waals surface area contributed by atoms with Crippen LogP contribution in [-0.2, 0) is 5.75 Å². The number of aliphatic hydroxyl groups is 1. The molecule has 80 valence electrons. The fourth-order valence-electron chi connectivity index (χ4n) is 0.839. The zero-order valence-electron chi connectivity index (χ0n) is 8.19. The number of anilines is 1. The number of thioether (sulfide) groups is 1. The minimum atomic E-state index is 0.227. The highest BCUT2D eigenvalue weighted by atomic mass is 32.2. The Hall–Kier alpha value is -0.330. The lowest BCUT2D eigenvalue weighted by atomic mass is 10.5. The third-order valence-corrected chi connectivity index (χ3v) is 3.47. The van der Waals surface area contributed by atoms with Crippen molar-refractivity contribution in [2.45, 2.75) is 19.1 Å². The SMILES string of the molecule is CCCNc1nnc(CSCCO)s1. The molecule has 4 nitrogen and oxygen atoms in total. The van der Waals surface area contributed by atoms with E-state index in [1.54, 1.807) is 23.1 Å². The third-order valence-electron chi connectivity index (χ3n) is 1.45. The Labute approximate surface area is 92.1 Å². The number of hydrogen-bond donors (Lipinski definition) is 2. The van der Waals surface area contributed by atoms with Crippen molar-refractivity contribution < 1.29 is 5.11 Å². The molecular weight excluding hydrogens is 218 g/mol. The molecule has 1 aromatic heterocycles. The van der Waals surface area contributed by atoms with E-state index in [1.807, 2.05) is 0 Å². The summed E-state index contributed by atoms with van der Waals surface area (Å²) in [6, 6.07) is 0. The molecule has 0 amide bonds. The summed E-state index contributed by atoms with van der Waals surface area (Å²) in [5.74, 6) is 1.60. The van der Waals surface area contributed by atoms with Crippen LogP contribution in [0.5, 0.6) is 0 Å². The van der Waals surface area contributed by atoms with Crippen LogP contribution in [0.15, 0.2) is 0 Å². The molecule has 0 radical (unpaired) electrons. The Balaban J connectivity index is 2.27. The first kappa shape index (κ1) is 11.7. The van der Waals surface area contributed by atoms with Crippen molar-refractivity contribution in [3.63, 3.8) is 0 Å². The lowest BCUT2D eigenvalue weighted by Crippen LogP contribution is -1.98. The summed E-state index contributed by atoms with van der Waals surface area (Å²) in [5.41, 5.74) is 0.